The van der Waals surface area contributed by atoms with Gasteiger partial charge < -0.3 is 19.2 Å². The van der Waals surface area contributed by atoms with Gasteiger partial charge in [0.25, 0.3) is 0 Å². The highest BCUT2D eigenvalue weighted by Gasteiger charge is 2.14. The Balaban J connectivity index is 2.14. The lowest BCUT2D eigenvalue weighted by molar-refractivity contribution is 0.356. The van der Waals surface area contributed by atoms with Crippen molar-refractivity contribution in [3.05, 3.63) is 34.3 Å². The number of rotatable bonds is 4. The summed E-state index contributed by atoms with van der Waals surface area (Å²) in [6, 6.07) is 7.13. The molecule has 0 spiro atoms. The molecule has 0 fully saturated rings. The van der Waals surface area contributed by atoms with E-state index in [2.05, 4.69) is 9.97 Å². The quantitative estimate of drug-likeness (QED) is 0.747. The van der Waals surface area contributed by atoms with Crippen LogP contribution in [0.25, 0.3) is 22.4 Å². The molecule has 2 aromatic carbocycles. The molecule has 3 rings (SSSR count). The number of imidazole rings is 1. The van der Waals surface area contributed by atoms with Crippen molar-refractivity contribution in [3.63, 3.8) is 0 Å². The molecule has 0 radical (unpaired) electrons. The molecule has 0 aliphatic heterocycles. The molecule has 0 saturated carbocycles. The standard InChI is InChI=1S/C16H14Cl2N2O3/c1-21-13-6-11-12(7-14(13)22-2)20-16(19-11)8-4-9(17)15(23-3)10(18)5-8/h4-7H,1-3H3,(H,19,20). The van der Waals surface area contributed by atoms with Gasteiger partial charge in [0.15, 0.2) is 17.2 Å². The van der Waals surface area contributed by atoms with E-state index >= 15 is 0 Å². The number of hydrogen-bond acceptors (Lipinski definition) is 4. The van der Waals surface area contributed by atoms with Gasteiger partial charge in [-0.1, -0.05) is 23.2 Å². The van der Waals surface area contributed by atoms with Crippen molar-refractivity contribution in [1.82, 2.24) is 9.97 Å². The monoisotopic (exact) mass is 352 g/mol. The van der Waals surface area contributed by atoms with E-state index < -0.39 is 0 Å². The largest absolute Gasteiger partial charge is 0.494 e. The Morgan fingerprint density at radius 2 is 1.48 bits per heavy atom. The van der Waals surface area contributed by atoms with Crippen LogP contribution in [0, 0.1) is 0 Å². The molecule has 120 valence electrons. The van der Waals surface area contributed by atoms with E-state index in [1.165, 1.54) is 7.11 Å². The second-order valence-electron chi connectivity index (χ2n) is 4.78. The highest BCUT2D eigenvalue weighted by atomic mass is 35.5. The maximum absolute atomic E-state index is 6.19. The molecule has 23 heavy (non-hydrogen) atoms. The third kappa shape index (κ3) is 2.78. The number of methoxy groups -OCH3 is 3. The number of ether oxygens (including phenoxy) is 3. The highest BCUT2D eigenvalue weighted by Crippen LogP contribution is 2.38. The third-order valence-electron chi connectivity index (χ3n) is 3.46. The molecule has 0 bridgehead atoms. The second-order valence-corrected chi connectivity index (χ2v) is 5.60. The highest BCUT2D eigenvalue weighted by molar-refractivity contribution is 6.37. The van der Waals surface area contributed by atoms with Crippen molar-refractivity contribution in [2.45, 2.75) is 0 Å². The van der Waals surface area contributed by atoms with E-state index in [0.29, 0.717) is 33.1 Å². The average Bonchev–Trinajstić information content (AvgIpc) is 2.95. The number of hydrogen-bond donors (Lipinski definition) is 1. The number of nitrogens with zero attached hydrogens (tertiary/aromatic N) is 1. The Labute approximate surface area is 143 Å². The molecule has 1 N–H and O–H groups in total. The molecule has 7 heteroatoms. The number of fused-ring (bicyclic) bond motifs is 1. The van der Waals surface area contributed by atoms with Crippen molar-refractivity contribution >= 4 is 34.2 Å². The van der Waals surface area contributed by atoms with Crippen LogP contribution in [0.4, 0.5) is 0 Å². The first-order valence-electron chi connectivity index (χ1n) is 6.72. The molecule has 0 unspecified atom stereocenters. The van der Waals surface area contributed by atoms with Crippen molar-refractivity contribution in [2.75, 3.05) is 21.3 Å². The molecule has 5 nitrogen and oxygen atoms in total. The number of aromatic amines is 1. The Hall–Kier alpha value is -2.11. The minimum atomic E-state index is 0.422. The van der Waals surface area contributed by atoms with Crippen molar-refractivity contribution in [3.8, 4) is 28.6 Å². The summed E-state index contributed by atoms with van der Waals surface area (Å²) in [6.07, 6.45) is 0. The van der Waals surface area contributed by atoms with Crippen LogP contribution >= 0.6 is 23.2 Å². The van der Waals surface area contributed by atoms with Crippen LogP contribution in [0.5, 0.6) is 17.2 Å². The topological polar surface area (TPSA) is 56.4 Å². The summed E-state index contributed by atoms with van der Waals surface area (Å²) in [5, 5.41) is 0.844. The molecule has 0 atom stereocenters. The first-order valence-corrected chi connectivity index (χ1v) is 7.48. The molecular formula is C16H14Cl2N2O3. The zero-order valence-electron chi connectivity index (χ0n) is 12.7. The molecule has 3 aromatic rings. The lowest BCUT2D eigenvalue weighted by Gasteiger charge is -2.07. The third-order valence-corrected chi connectivity index (χ3v) is 4.02. The number of benzene rings is 2. The van der Waals surface area contributed by atoms with Crippen LogP contribution in [-0.4, -0.2) is 31.3 Å². The van der Waals surface area contributed by atoms with Gasteiger partial charge in [-0.15, -0.1) is 0 Å². The van der Waals surface area contributed by atoms with Gasteiger partial charge in [0, 0.05) is 17.7 Å². The fourth-order valence-corrected chi connectivity index (χ4v) is 3.01. The second kappa shape index (κ2) is 6.18. The average molecular weight is 353 g/mol. The van der Waals surface area contributed by atoms with Crippen LogP contribution < -0.4 is 14.2 Å². The maximum atomic E-state index is 6.19. The number of halogens is 2. The van der Waals surface area contributed by atoms with Gasteiger partial charge in [-0.05, 0) is 12.1 Å². The summed E-state index contributed by atoms with van der Waals surface area (Å²) in [7, 11) is 4.69. The smallest absolute Gasteiger partial charge is 0.163 e. The SMILES string of the molecule is COc1cc2nc(-c3cc(Cl)c(OC)c(Cl)c3)[nH]c2cc1OC. The van der Waals surface area contributed by atoms with Gasteiger partial charge in [-0.3, -0.25) is 0 Å². The summed E-state index contributed by atoms with van der Waals surface area (Å²) in [5.74, 6) is 2.32. The predicted octanol–water partition coefficient (Wildman–Crippen LogP) is 4.56. The Bertz CT molecular complexity index is 813. The molecule has 0 aliphatic rings. The van der Waals surface area contributed by atoms with Gasteiger partial charge in [0.05, 0.1) is 42.4 Å². The van der Waals surface area contributed by atoms with E-state index in [1.54, 1.807) is 32.4 Å². The Kier molecular flexibility index (Phi) is 4.24. The number of H-pyrrole nitrogens is 1. The summed E-state index contributed by atoms with van der Waals surface area (Å²) in [5.41, 5.74) is 2.33. The molecular weight excluding hydrogens is 339 g/mol. The molecule has 1 heterocycles. The van der Waals surface area contributed by atoms with Crippen molar-refractivity contribution < 1.29 is 14.2 Å². The Morgan fingerprint density at radius 3 is 2.04 bits per heavy atom. The Morgan fingerprint density at radius 1 is 0.870 bits per heavy atom. The lowest BCUT2D eigenvalue weighted by atomic mass is 10.2. The predicted molar refractivity (Wildman–Crippen MR) is 91.2 cm³/mol. The van der Waals surface area contributed by atoms with Gasteiger partial charge in [0.1, 0.15) is 5.82 Å². The maximum Gasteiger partial charge on any atom is 0.163 e. The van der Waals surface area contributed by atoms with E-state index in [9.17, 15) is 0 Å². The van der Waals surface area contributed by atoms with Crippen LogP contribution in [0.3, 0.4) is 0 Å². The normalized spacial score (nSPS) is 10.8. The molecule has 0 amide bonds. The lowest BCUT2D eigenvalue weighted by Crippen LogP contribution is -1.89. The summed E-state index contributed by atoms with van der Waals surface area (Å²) < 4.78 is 15.7. The van der Waals surface area contributed by atoms with Gasteiger partial charge in [0.2, 0.25) is 0 Å². The first-order chi connectivity index (χ1) is 11.1. The molecule has 0 aliphatic carbocycles. The summed E-state index contributed by atoms with van der Waals surface area (Å²) in [4.78, 5) is 7.78. The van der Waals surface area contributed by atoms with Gasteiger partial charge in [-0.2, -0.15) is 0 Å². The minimum Gasteiger partial charge on any atom is -0.494 e. The van der Waals surface area contributed by atoms with E-state index in [0.717, 1.165) is 16.6 Å². The molecule has 0 saturated heterocycles. The van der Waals surface area contributed by atoms with Crippen LogP contribution in [0.1, 0.15) is 0 Å². The minimum absolute atomic E-state index is 0.422. The van der Waals surface area contributed by atoms with Crippen molar-refractivity contribution in [2.24, 2.45) is 0 Å². The molecule has 1 aromatic heterocycles. The van der Waals surface area contributed by atoms with Crippen molar-refractivity contribution in [1.29, 1.82) is 0 Å². The van der Waals surface area contributed by atoms with E-state index in [1.807, 2.05) is 6.07 Å². The van der Waals surface area contributed by atoms with Gasteiger partial charge in [-0.25, -0.2) is 4.98 Å². The first kappa shape index (κ1) is 15.8. The number of nitrogens with one attached hydrogen (secondary N) is 1. The van der Waals surface area contributed by atoms with E-state index in [4.69, 9.17) is 37.4 Å². The number of aromatic nitrogens is 2. The summed E-state index contributed by atoms with van der Waals surface area (Å²) >= 11 is 12.4. The van der Waals surface area contributed by atoms with Crippen LogP contribution in [0.2, 0.25) is 10.0 Å². The van der Waals surface area contributed by atoms with Crippen LogP contribution in [-0.2, 0) is 0 Å². The zero-order chi connectivity index (χ0) is 16.6. The fourth-order valence-electron chi connectivity index (χ4n) is 2.37. The fraction of sp³-hybridized carbons (Fsp3) is 0.188. The van der Waals surface area contributed by atoms with Gasteiger partial charge >= 0.3 is 0 Å². The zero-order valence-corrected chi connectivity index (χ0v) is 14.2. The van der Waals surface area contributed by atoms with E-state index in [-0.39, 0.29) is 0 Å². The van der Waals surface area contributed by atoms with Crippen LogP contribution in [0.15, 0.2) is 24.3 Å². The summed E-state index contributed by atoms with van der Waals surface area (Å²) in [6.45, 7) is 0.